The van der Waals surface area contributed by atoms with Gasteiger partial charge in [-0.15, -0.1) is 0 Å². The number of phenolic OH excluding ortho intramolecular Hbond substituents is 2. The number of anilines is 1. The summed E-state index contributed by atoms with van der Waals surface area (Å²) < 4.78 is 26.7. The molecule has 0 saturated heterocycles. The average Bonchev–Trinajstić information content (AvgIpc) is 2.34. The van der Waals surface area contributed by atoms with E-state index in [0.29, 0.717) is 0 Å². The molecule has 0 aliphatic rings. The number of rotatable bonds is 2. The molecule has 0 fully saturated rings. The van der Waals surface area contributed by atoms with Gasteiger partial charge >= 0.3 is 0 Å². The topological polar surface area (TPSA) is 69.6 Å². The van der Waals surface area contributed by atoms with E-state index in [1.165, 1.54) is 18.2 Å². The van der Waals surface area contributed by atoms with Gasteiger partial charge in [0, 0.05) is 0 Å². The van der Waals surface area contributed by atoms with Crippen LogP contribution in [0.5, 0.6) is 11.5 Å². The molecule has 0 unspecified atom stereocenters. The van der Waals surface area contributed by atoms with Gasteiger partial charge in [0.05, 0.1) is 0 Å². The van der Waals surface area contributed by atoms with Crippen LogP contribution >= 0.6 is 0 Å². The highest BCUT2D eigenvalue weighted by Gasteiger charge is 2.19. The molecule has 0 heterocycles. The van der Waals surface area contributed by atoms with Gasteiger partial charge in [-0.1, -0.05) is 12.1 Å². The van der Waals surface area contributed by atoms with Crippen molar-refractivity contribution in [3.8, 4) is 11.5 Å². The smallest absolute Gasteiger partial charge is 0.263 e. The van der Waals surface area contributed by atoms with E-state index in [1.807, 2.05) is 5.32 Å². The molecule has 2 aromatic carbocycles. The molecule has 1 amide bonds. The summed E-state index contributed by atoms with van der Waals surface area (Å²) >= 11 is 0. The maximum atomic E-state index is 13.3. The molecule has 0 atom stereocenters. The van der Waals surface area contributed by atoms with Crippen LogP contribution in [0.4, 0.5) is 14.5 Å². The summed E-state index contributed by atoms with van der Waals surface area (Å²) in [6, 6.07) is 6.77. The fourth-order valence-corrected chi connectivity index (χ4v) is 1.55. The fourth-order valence-electron chi connectivity index (χ4n) is 1.55. The summed E-state index contributed by atoms with van der Waals surface area (Å²) in [5.74, 6) is -3.91. The highest BCUT2D eigenvalue weighted by Crippen LogP contribution is 2.28. The molecular weight excluding hydrogens is 256 g/mol. The molecule has 0 radical (unpaired) electrons. The second kappa shape index (κ2) is 4.93. The number of aromatic hydroxyl groups is 2. The highest BCUT2D eigenvalue weighted by molar-refractivity contribution is 6.08. The van der Waals surface area contributed by atoms with Crippen molar-refractivity contribution >= 4 is 11.6 Å². The first-order chi connectivity index (χ1) is 9.00. The van der Waals surface area contributed by atoms with E-state index in [4.69, 9.17) is 0 Å². The van der Waals surface area contributed by atoms with Gasteiger partial charge in [-0.25, -0.2) is 8.78 Å². The van der Waals surface area contributed by atoms with Gasteiger partial charge in [-0.3, -0.25) is 4.79 Å². The van der Waals surface area contributed by atoms with E-state index in [2.05, 4.69) is 0 Å². The SMILES string of the molecule is O=C(Nc1c(F)cccc1F)c1c(O)cccc1O. The monoisotopic (exact) mass is 265 g/mol. The first-order valence-electron chi connectivity index (χ1n) is 5.27. The second-order valence-corrected chi connectivity index (χ2v) is 3.72. The van der Waals surface area contributed by atoms with Crippen LogP contribution in [0, 0.1) is 11.6 Å². The minimum absolute atomic E-state index is 0.454. The number of carbonyl (C=O) groups excluding carboxylic acids is 1. The maximum Gasteiger partial charge on any atom is 0.263 e. The van der Waals surface area contributed by atoms with Crippen LogP contribution < -0.4 is 5.32 Å². The third kappa shape index (κ3) is 2.47. The number of carbonyl (C=O) groups is 1. The van der Waals surface area contributed by atoms with Crippen molar-refractivity contribution in [2.45, 2.75) is 0 Å². The molecule has 0 saturated carbocycles. The zero-order chi connectivity index (χ0) is 14.0. The van der Waals surface area contributed by atoms with Gasteiger partial charge in [-0.2, -0.15) is 0 Å². The molecular formula is C13H9F2NO3. The summed E-state index contributed by atoms with van der Waals surface area (Å²) in [5, 5.41) is 20.9. The van der Waals surface area contributed by atoms with Crippen molar-refractivity contribution in [2.75, 3.05) is 5.32 Å². The number of halogens is 2. The lowest BCUT2D eigenvalue weighted by molar-refractivity contribution is 0.102. The van der Waals surface area contributed by atoms with Gasteiger partial charge in [0.2, 0.25) is 0 Å². The minimum atomic E-state index is -1.01. The van der Waals surface area contributed by atoms with Gasteiger partial charge in [0.15, 0.2) is 0 Å². The number of hydrogen-bond donors (Lipinski definition) is 3. The maximum absolute atomic E-state index is 13.3. The van der Waals surface area contributed by atoms with E-state index >= 15 is 0 Å². The summed E-state index contributed by atoms with van der Waals surface area (Å²) in [5.41, 5.74) is -1.10. The second-order valence-electron chi connectivity index (χ2n) is 3.72. The number of benzene rings is 2. The zero-order valence-electron chi connectivity index (χ0n) is 9.52. The predicted molar refractivity (Wildman–Crippen MR) is 64.1 cm³/mol. The van der Waals surface area contributed by atoms with Gasteiger partial charge in [0.1, 0.15) is 34.4 Å². The van der Waals surface area contributed by atoms with Gasteiger partial charge in [0.25, 0.3) is 5.91 Å². The van der Waals surface area contributed by atoms with Crippen LogP contribution in [0.25, 0.3) is 0 Å². The Bertz CT molecular complexity index is 603. The van der Waals surface area contributed by atoms with Gasteiger partial charge < -0.3 is 15.5 Å². The molecule has 6 heteroatoms. The van der Waals surface area contributed by atoms with Crippen molar-refractivity contribution in [1.29, 1.82) is 0 Å². The normalized spacial score (nSPS) is 10.2. The molecule has 2 rings (SSSR count). The number of hydrogen-bond acceptors (Lipinski definition) is 3. The molecule has 2 aromatic rings. The molecule has 0 aliphatic heterocycles. The van der Waals surface area contributed by atoms with Crippen molar-refractivity contribution < 1.29 is 23.8 Å². The summed E-state index contributed by atoms with van der Waals surface area (Å²) in [6.07, 6.45) is 0. The number of amides is 1. The van der Waals surface area contributed by atoms with Crippen molar-refractivity contribution in [1.82, 2.24) is 0 Å². The lowest BCUT2D eigenvalue weighted by Gasteiger charge is -2.09. The molecule has 19 heavy (non-hydrogen) atoms. The molecule has 0 spiro atoms. The Morgan fingerprint density at radius 1 is 0.947 bits per heavy atom. The van der Waals surface area contributed by atoms with Crippen molar-refractivity contribution in [3.05, 3.63) is 53.6 Å². The van der Waals surface area contributed by atoms with Gasteiger partial charge in [-0.05, 0) is 24.3 Å². The molecule has 0 bridgehead atoms. The van der Waals surface area contributed by atoms with Crippen LogP contribution in [-0.4, -0.2) is 16.1 Å². The Morgan fingerprint density at radius 3 is 1.95 bits per heavy atom. The first kappa shape index (κ1) is 12.8. The lowest BCUT2D eigenvalue weighted by atomic mass is 10.1. The number of para-hydroxylation sites is 1. The molecule has 3 N–H and O–H groups in total. The van der Waals surface area contributed by atoms with E-state index in [-0.39, 0.29) is 0 Å². The Kier molecular flexibility index (Phi) is 3.33. The average molecular weight is 265 g/mol. The summed E-state index contributed by atoms with van der Waals surface area (Å²) in [7, 11) is 0. The standard InChI is InChI=1S/C13H9F2NO3/c14-7-3-1-4-8(15)12(7)16-13(19)11-9(17)5-2-6-10(11)18/h1-6,17-18H,(H,16,19). The molecule has 98 valence electrons. The third-order valence-electron chi connectivity index (χ3n) is 2.45. The minimum Gasteiger partial charge on any atom is -0.507 e. The lowest BCUT2D eigenvalue weighted by Crippen LogP contribution is -2.14. The van der Waals surface area contributed by atoms with Crippen LogP contribution in [0.2, 0.25) is 0 Å². The predicted octanol–water partition coefficient (Wildman–Crippen LogP) is 2.63. The summed E-state index contributed by atoms with van der Waals surface area (Å²) in [4.78, 5) is 11.8. The van der Waals surface area contributed by atoms with E-state index in [9.17, 15) is 23.8 Å². The molecule has 4 nitrogen and oxygen atoms in total. The first-order valence-corrected chi connectivity index (χ1v) is 5.27. The molecule has 0 aromatic heterocycles. The summed E-state index contributed by atoms with van der Waals surface area (Å²) in [6.45, 7) is 0. The van der Waals surface area contributed by atoms with Crippen molar-refractivity contribution in [3.63, 3.8) is 0 Å². The van der Waals surface area contributed by atoms with E-state index in [1.54, 1.807) is 0 Å². The van der Waals surface area contributed by atoms with E-state index in [0.717, 1.165) is 18.2 Å². The largest absolute Gasteiger partial charge is 0.507 e. The number of nitrogens with one attached hydrogen (secondary N) is 1. The highest BCUT2D eigenvalue weighted by atomic mass is 19.1. The number of phenols is 2. The van der Waals surface area contributed by atoms with Crippen LogP contribution in [0.15, 0.2) is 36.4 Å². The Hall–Kier alpha value is -2.63. The van der Waals surface area contributed by atoms with Crippen LogP contribution in [0.3, 0.4) is 0 Å². The van der Waals surface area contributed by atoms with Crippen LogP contribution in [0.1, 0.15) is 10.4 Å². The van der Waals surface area contributed by atoms with E-state index < -0.39 is 40.3 Å². The quantitative estimate of drug-likeness (QED) is 0.781. The Balaban J connectivity index is 2.37. The fraction of sp³-hybridized carbons (Fsp3) is 0. The Labute approximate surface area is 106 Å². The van der Waals surface area contributed by atoms with Crippen molar-refractivity contribution in [2.24, 2.45) is 0 Å². The zero-order valence-corrected chi connectivity index (χ0v) is 9.52. The Morgan fingerprint density at radius 2 is 1.42 bits per heavy atom. The third-order valence-corrected chi connectivity index (χ3v) is 2.45. The molecule has 0 aliphatic carbocycles. The van der Waals surface area contributed by atoms with Crippen LogP contribution in [-0.2, 0) is 0 Å².